The minimum Gasteiger partial charge on any atom is -0.366 e. The molecular formula is C33H54F3N7O2. The first-order chi connectivity index (χ1) is 21.4. The molecule has 45 heavy (non-hydrogen) atoms. The summed E-state index contributed by atoms with van der Waals surface area (Å²) in [6.45, 7) is 21.9. The van der Waals surface area contributed by atoms with E-state index in [1.165, 1.54) is 0 Å². The van der Waals surface area contributed by atoms with Gasteiger partial charge in [-0.1, -0.05) is 34.1 Å². The molecular weight excluding hydrogens is 583 g/mol. The predicted molar refractivity (Wildman–Crippen MR) is 179 cm³/mol. The highest BCUT2D eigenvalue weighted by Gasteiger charge is 2.40. The van der Waals surface area contributed by atoms with E-state index < -0.39 is 29.5 Å². The van der Waals surface area contributed by atoms with E-state index in [1.54, 1.807) is 24.3 Å². The van der Waals surface area contributed by atoms with Crippen molar-refractivity contribution in [1.29, 1.82) is 0 Å². The number of hydrogen-bond donors (Lipinski definition) is 3. The van der Waals surface area contributed by atoms with E-state index in [0.717, 1.165) is 13.1 Å². The quantitative estimate of drug-likeness (QED) is 0.213. The Kier molecular flexibility index (Phi) is 17.5. The third-order valence-electron chi connectivity index (χ3n) is 7.37. The molecule has 1 aliphatic carbocycles. The number of piperazine rings is 1. The summed E-state index contributed by atoms with van der Waals surface area (Å²) >= 11 is 0. The number of alkyl halides is 3. The summed E-state index contributed by atoms with van der Waals surface area (Å²) in [4.78, 5) is 37.3. The third kappa shape index (κ3) is 12.5. The molecule has 2 aliphatic rings. The third-order valence-corrected chi connectivity index (χ3v) is 7.37. The van der Waals surface area contributed by atoms with Crippen LogP contribution in [0.2, 0.25) is 0 Å². The zero-order valence-corrected chi connectivity index (χ0v) is 28.3. The lowest BCUT2D eigenvalue weighted by Crippen LogP contribution is -2.50. The van der Waals surface area contributed by atoms with E-state index in [2.05, 4.69) is 51.4 Å². The normalized spacial score (nSPS) is 19.3. The Morgan fingerprint density at radius 2 is 1.60 bits per heavy atom. The molecule has 1 saturated heterocycles. The Hall–Kier alpha value is -3.41. The van der Waals surface area contributed by atoms with Gasteiger partial charge in [0.05, 0.1) is 5.92 Å². The van der Waals surface area contributed by atoms with Crippen molar-refractivity contribution in [1.82, 2.24) is 20.4 Å². The molecule has 3 N–H and O–H groups in total. The molecule has 3 rings (SSSR count). The molecule has 0 bridgehead atoms. The molecule has 1 aromatic rings. The van der Waals surface area contributed by atoms with Crippen LogP contribution in [-0.4, -0.2) is 91.3 Å². The zero-order valence-electron chi connectivity index (χ0n) is 28.3. The molecule has 1 aromatic carbocycles. The molecule has 2 amide bonds. The molecule has 0 aromatic heterocycles. The maximum atomic E-state index is 13.9. The van der Waals surface area contributed by atoms with Crippen LogP contribution >= 0.6 is 0 Å². The van der Waals surface area contributed by atoms with Gasteiger partial charge in [-0.2, -0.15) is 13.2 Å². The number of hydrogen-bond acceptors (Lipinski definition) is 6. The Labute approximate surface area is 267 Å². The van der Waals surface area contributed by atoms with Gasteiger partial charge in [0.1, 0.15) is 18.1 Å². The lowest BCUT2D eigenvalue weighted by atomic mass is 10.0. The van der Waals surface area contributed by atoms with Gasteiger partial charge in [-0.15, -0.1) is 0 Å². The summed E-state index contributed by atoms with van der Waals surface area (Å²) in [5, 5.41) is 8.73. The van der Waals surface area contributed by atoms with Crippen LogP contribution in [-0.2, 0) is 4.79 Å². The monoisotopic (exact) mass is 637 g/mol. The minimum absolute atomic E-state index is 0.0473. The molecule has 12 heteroatoms. The number of nitrogens with one attached hydrogen (secondary N) is 3. The summed E-state index contributed by atoms with van der Waals surface area (Å²) in [6, 6.07) is 6.66. The Balaban J connectivity index is 0.00000243. The van der Waals surface area contributed by atoms with Gasteiger partial charge in [-0.05, 0) is 71.5 Å². The number of carbonyl (C=O) groups is 2. The van der Waals surface area contributed by atoms with E-state index in [1.807, 2.05) is 46.4 Å². The lowest BCUT2D eigenvalue weighted by Gasteiger charge is -2.37. The van der Waals surface area contributed by atoms with Crippen LogP contribution in [0.1, 0.15) is 85.0 Å². The average Bonchev–Trinajstić information content (AvgIpc) is 3.49. The summed E-state index contributed by atoms with van der Waals surface area (Å²) in [7, 11) is 0. The van der Waals surface area contributed by atoms with Gasteiger partial charge >= 0.3 is 6.18 Å². The topological polar surface area (TPSA) is 101 Å². The fraction of sp³-hybridized carbons (Fsp3) is 0.636. The number of halogens is 3. The fourth-order valence-corrected chi connectivity index (χ4v) is 5.15. The number of amides is 2. The highest BCUT2D eigenvalue weighted by atomic mass is 19.4. The van der Waals surface area contributed by atoms with Crippen LogP contribution in [0.25, 0.3) is 0 Å². The first-order valence-corrected chi connectivity index (χ1v) is 16.1. The Morgan fingerprint density at radius 1 is 1.00 bits per heavy atom. The molecule has 1 aliphatic heterocycles. The SMILES string of the molecule is C=N/C=C(\C(=N/CNc1ccc(C(=O)N2CCN(C(C)C)CC2)cc1)NC1CCCC1C(=O)NC(C)C)C(F)(F)F.CC.CC. The van der Waals surface area contributed by atoms with Gasteiger partial charge in [0.25, 0.3) is 5.91 Å². The van der Waals surface area contributed by atoms with Gasteiger partial charge in [0.2, 0.25) is 5.91 Å². The van der Waals surface area contributed by atoms with Crippen molar-refractivity contribution in [3.05, 3.63) is 41.6 Å². The maximum absolute atomic E-state index is 13.9. The van der Waals surface area contributed by atoms with Gasteiger partial charge in [0, 0.05) is 61.8 Å². The molecule has 2 atom stereocenters. The first kappa shape index (κ1) is 39.6. The fourth-order valence-electron chi connectivity index (χ4n) is 5.15. The van der Waals surface area contributed by atoms with Crippen molar-refractivity contribution in [2.75, 3.05) is 38.2 Å². The van der Waals surface area contributed by atoms with Crippen LogP contribution in [0, 0.1) is 5.92 Å². The summed E-state index contributed by atoms with van der Waals surface area (Å²) in [5.74, 6) is -1.11. The first-order valence-electron chi connectivity index (χ1n) is 16.1. The van der Waals surface area contributed by atoms with Gasteiger partial charge in [0.15, 0.2) is 0 Å². The van der Waals surface area contributed by atoms with Crippen molar-refractivity contribution < 1.29 is 22.8 Å². The van der Waals surface area contributed by atoms with E-state index >= 15 is 0 Å². The van der Waals surface area contributed by atoms with Gasteiger partial charge in [-0.3, -0.25) is 19.5 Å². The van der Waals surface area contributed by atoms with Crippen molar-refractivity contribution in [2.24, 2.45) is 15.9 Å². The lowest BCUT2D eigenvalue weighted by molar-refractivity contribution is -0.125. The van der Waals surface area contributed by atoms with Gasteiger partial charge in [-0.25, -0.2) is 4.99 Å². The molecule has 9 nitrogen and oxygen atoms in total. The average molecular weight is 638 g/mol. The molecule has 254 valence electrons. The standard InChI is InChI=1S/C29H42F3N7O2.2C2H6/c1-19(2)36-27(40)23-7-6-8-25(23)37-26(24(17-33-5)29(30,31)32)35-18-34-22-11-9-21(10-12-22)28(41)39-15-13-38(14-16-39)20(3)4;2*1-2/h9-12,17,19-20,23,25,34H,5-8,13-16,18H2,1-4H3,(H,35,37)(H,36,40);2*1-2H3/b24-17+;;. The van der Waals surface area contributed by atoms with E-state index in [9.17, 15) is 22.8 Å². The second-order valence-electron chi connectivity index (χ2n) is 11.0. The summed E-state index contributed by atoms with van der Waals surface area (Å²) in [5.41, 5.74) is 0.0807. The second kappa shape index (κ2) is 19.9. The highest BCUT2D eigenvalue weighted by Crippen LogP contribution is 2.30. The zero-order chi connectivity index (χ0) is 34.2. The Morgan fingerprint density at radius 3 is 2.11 bits per heavy atom. The molecule has 0 spiro atoms. The van der Waals surface area contributed by atoms with Crippen molar-refractivity contribution in [3.63, 3.8) is 0 Å². The minimum atomic E-state index is -4.73. The van der Waals surface area contributed by atoms with Crippen molar-refractivity contribution in [2.45, 2.75) is 99.0 Å². The van der Waals surface area contributed by atoms with Crippen LogP contribution in [0.4, 0.5) is 18.9 Å². The molecule has 0 radical (unpaired) electrons. The van der Waals surface area contributed by atoms with Crippen LogP contribution in [0.15, 0.2) is 46.0 Å². The number of nitrogens with zero attached hydrogens (tertiary/aromatic N) is 4. The number of amidine groups is 1. The smallest absolute Gasteiger partial charge is 0.366 e. The number of rotatable bonds is 10. The molecule has 1 heterocycles. The number of benzene rings is 1. The van der Waals surface area contributed by atoms with Crippen LogP contribution in [0.3, 0.4) is 0 Å². The highest BCUT2D eigenvalue weighted by molar-refractivity contribution is 6.00. The molecule has 2 unspecified atom stereocenters. The summed E-state index contributed by atoms with van der Waals surface area (Å²) < 4.78 is 41.8. The molecule has 2 fully saturated rings. The second-order valence-corrected chi connectivity index (χ2v) is 11.0. The molecule has 1 saturated carbocycles. The largest absolute Gasteiger partial charge is 0.421 e. The Bertz CT molecular complexity index is 1110. The predicted octanol–water partition coefficient (Wildman–Crippen LogP) is 6.10. The van der Waals surface area contributed by atoms with Crippen LogP contribution in [0.5, 0.6) is 0 Å². The summed E-state index contributed by atoms with van der Waals surface area (Å²) in [6.07, 6.45) is -2.28. The number of anilines is 1. The van der Waals surface area contributed by atoms with Crippen molar-refractivity contribution >= 4 is 30.1 Å². The van der Waals surface area contributed by atoms with Gasteiger partial charge < -0.3 is 20.9 Å². The number of carbonyl (C=O) groups excluding carboxylic acids is 2. The van der Waals surface area contributed by atoms with E-state index in [0.29, 0.717) is 55.8 Å². The van der Waals surface area contributed by atoms with Crippen molar-refractivity contribution in [3.8, 4) is 0 Å². The van der Waals surface area contributed by atoms with E-state index in [-0.39, 0.29) is 24.5 Å². The maximum Gasteiger partial charge on any atom is 0.421 e. The van der Waals surface area contributed by atoms with E-state index in [4.69, 9.17) is 0 Å². The number of aliphatic imine (C=N–C) groups is 2. The van der Waals surface area contributed by atoms with Crippen LogP contribution < -0.4 is 16.0 Å².